The van der Waals surface area contributed by atoms with E-state index in [1.165, 1.54) is 0 Å². The number of allylic oxidation sites excluding steroid dienone is 1. The van der Waals surface area contributed by atoms with Gasteiger partial charge < -0.3 is 10.1 Å². The van der Waals surface area contributed by atoms with Crippen LogP contribution in [-0.2, 0) is 0 Å². The van der Waals surface area contributed by atoms with E-state index < -0.39 is 6.61 Å². The molecule has 4 nitrogen and oxygen atoms in total. The van der Waals surface area contributed by atoms with Gasteiger partial charge in [0.2, 0.25) is 5.95 Å². The third kappa shape index (κ3) is 3.35. The Morgan fingerprint density at radius 3 is 2.63 bits per heavy atom. The van der Waals surface area contributed by atoms with Crippen LogP contribution >= 0.6 is 15.9 Å². The number of fused-ring (bicyclic) bond motifs is 3. The molecule has 0 fully saturated rings. The molecule has 30 heavy (non-hydrogen) atoms. The maximum absolute atomic E-state index is 13.1. The number of aromatic nitrogens is 2. The van der Waals surface area contributed by atoms with Crippen molar-refractivity contribution in [2.45, 2.75) is 12.7 Å². The zero-order valence-corrected chi connectivity index (χ0v) is 17.2. The molecule has 0 saturated carbocycles. The van der Waals surface area contributed by atoms with E-state index in [1.807, 2.05) is 65.2 Å². The van der Waals surface area contributed by atoms with Crippen LogP contribution in [0.5, 0.6) is 5.75 Å². The van der Waals surface area contributed by atoms with E-state index in [4.69, 9.17) is 9.72 Å². The van der Waals surface area contributed by atoms with E-state index >= 15 is 0 Å². The molecule has 0 bridgehead atoms. The molecule has 1 N–H and O–H groups in total. The summed E-state index contributed by atoms with van der Waals surface area (Å²) < 4.78 is 33.9. The van der Waals surface area contributed by atoms with Gasteiger partial charge >= 0.3 is 6.61 Å². The number of nitrogens with zero attached hydrogens (tertiary/aromatic N) is 2. The SMILES string of the molecule is FC(F)Oc1ccccc1C1C=C(c2cccc(Br)c2)Nc2nc3ccccc3n21. The predicted molar refractivity (Wildman–Crippen MR) is 117 cm³/mol. The fourth-order valence-electron chi connectivity index (χ4n) is 3.79. The summed E-state index contributed by atoms with van der Waals surface area (Å²) >= 11 is 3.51. The van der Waals surface area contributed by atoms with Crippen LogP contribution in [0.3, 0.4) is 0 Å². The number of rotatable bonds is 4. The number of para-hydroxylation sites is 3. The third-order valence-corrected chi connectivity index (χ3v) is 5.53. The largest absolute Gasteiger partial charge is 0.434 e. The third-order valence-electron chi connectivity index (χ3n) is 5.03. The zero-order valence-electron chi connectivity index (χ0n) is 15.6. The van der Waals surface area contributed by atoms with E-state index in [0.717, 1.165) is 26.8 Å². The lowest BCUT2D eigenvalue weighted by atomic mass is 10.00. The Labute approximate surface area is 179 Å². The van der Waals surface area contributed by atoms with Gasteiger partial charge in [-0.2, -0.15) is 8.78 Å². The Balaban J connectivity index is 1.73. The summed E-state index contributed by atoms with van der Waals surface area (Å²) in [6.45, 7) is -2.90. The van der Waals surface area contributed by atoms with Crippen LogP contribution in [0.15, 0.2) is 83.3 Å². The zero-order chi connectivity index (χ0) is 20.7. The van der Waals surface area contributed by atoms with E-state index in [0.29, 0.717) is 11.5 Å². The van der Waals surface area contributed by atoms with Gasteiger partial charge in [0.05, 0.1) is 17.1 Å². The Morgan fingerprint density at radius 2 is 1.80 bits per heavy atom. The van der Waals surface area contributed by atoms with Gasteiger partial charge in [-0.15, -0.1) is 0 Å². The van der Waals surface area contributed by atoms with Crippen molar-refractivity contribution in [3.05, 3.63) is 94.5 Å². The Morgan fingerprint density at radius 1 is 1.00 bits per heavy atom. The van der Waals surface area contributed by atoms with Crippen molar-refractivity contribution < 1.29 is 13.5 Å². The summed E-state index contributed by atoms with van der Waals surface area (Å²) in [5, 5.41) is 3.39. The monoisotopic (exact) mass is 467 g/mol. The molecule has 5 rings (SSSR count). The second kappa shape index (κ2) is 7.57. The number of anilines is 1. The molecule has 1 aliphatic heterocycles. The summed E-state index contributed by atoms with van der Waals surface area (Å²) in [7, 11) is 0. The van der Waals surface area contributed by atoms with E-state index in [9.17, 15) is 8.78 Å². The normalized spacial score (nSPS) is 15.6. The van der Waals surface area contributed by atoms with Crippen molar-refractivity contribution in [3.63, 3.8) is 0 Å². The number of imidazole rings is 1. The fraction of sp³-hybridized carbons (Fsp3) is 0.0870. The number of hydrogen-bond acceptors (Lipinski definition) is 3. The molecule has 7 heteroatoms. The van der Waals surface area contributed by atoms with E-state index in [2.05, 4.69) is 21.2 Å². The minimum atomic E-state index is -2.90. The summed E-state index contributed by atoms with van der Waals surface area (Å²) in [6.07, 6.45) is 2.01. The van der Waals surface area contributed by atoms with Gasteiger partial charge in [-0.3, -0.25) is 4.57 Å². The maximum Gasteiger partial charge on any atom is 0.387 e. The van der Waals surface area contributed by atoms with Gasteiger partial charge in [0.25, 0.3) is 0 Å². The molecular formula is C23H16BrF2N3O. The number of ether oxygens (including phenoxy) is 1. The molecule has 2 heterocycles. The number of hydrogen-bond donors (Lipinski definition) is 1. The maximum atomic E-state index is 13.1. The number of nitrogens with one attached hydrogen (secondary N) is 1. The predicted octanol–water partition coefficient (Wildman–Crippen LogP) is 6.46. The Kier molecular flexibility index (Phi) is 4.75. The van der Waals surface area contributed by atoms with Crippen LogP contribution in [0, 0.1) is 0 Å². The first-order valence-corrected chi connectivity index (χ1v) is 10.1. The van der Waals surface area contributed by atoms with Crippen LogP contribution in [0.2, 0.25) is 0 Å². The smallest absolute Gasteiger partial charge is 0.387 e. The lowest BCUT2D eigenvalue weighted by Crippen LogP contribution is -2.20. The Hall–Kier alpha value is -3.19. The molecule has 1 atom stereocenters. The molecule has 3 aromatic carbocycles. The van der Waals surface area contributed by atoms with Gasteiger partial charge in [-0.25, -0.2) is 4.98 Å². The van der Waals surface area contributed by atoms with Crippen molar-refractivity contribution in [1.29, 1.82) is 0 Å². The average Bonchev–Trinajstić information content (AvgIpc) is 3.12. The first kappa shape index (κ1) is 18.8. The molecule has 0 radical (unpaired) electrons. The van der Waals surface area contributed by atoms with E-state index in [-0.39, 0.29) is 11.8 Å². The second-order valence-electron chi connectivity index (χ2n) is 6.87. The molecule has 0 saturated heterocycles. The van der Waals surface area contributed by atoms with Crippen LogP contribution in [0.1, 0.15) is 17.2 Å². The van der Waals surface area contributed by atoms with Gasteiger partial charge in [0.1, 0.15) is 5.75 Å². The highest BCUT2D eigenvalue weighted by atomic mass is 79.9. The van der Waals surface area contributed by atoms with Crippen LogP contribution < -0.4 is 10.1 Å². The standard InChI is InChI=1S/C23H16BrF2N3O/c24-15-7-5-6-14(12-15)18-13-20(16-8-1-4-11-21(16)30-22(25)26)29-19-10-3-2-9-17(19)27-23(29)28-18/h1-13,20,22H,(H,27,28). The molecule has 1 aromatic heterocycles. The van der Waals surface area contributed by atoms with Crippen molar-refractivity contribution >= 4 is 38.6 Å². The van der Waals surface area contributed by atoms with Gasteiger partial charge in [0.15, 0.2) is 0 Å². The number of halogens is 3. The minimum Gasteiger partial charge on any atom is -0.434 e. The van der Waals surface area contributed by atoms with Crippen molar-refractivity contribution in [3.8, 4) is 5.75 Å². The van der Waals surface area contributed by atoms with Crippen LogP contribution in [-0.4, -0.2) is 16.2 Å². The molecule has 4 aromatic rings. The number of alkyl halides is 2. The van der Waals surface area contributed by atoms with Crippen LogP contribution in [0.4, 0.5) is 14.7 Å². The van der Waals surface area contributed by atoms with Crippen LogP contribution in [0.25, 0.3) is 16.7 Å². The molecule has 1 aliphatic rings. The lowest BCUT2D eigenvalue weighted by Gasteiger charge is -2.27. The highest BCUT2D eigenvalue weighted by Crippen LogP contribution is 2.40. The fourth-order valence-corrected chi connectivity index (χ4v) is 4.19. The van der Waals surface area contributed by atoms with Crippen molar-refractivity contribution in [2.75, 3.05) is 5.32 Å². The molecule has 0 amide bonds. The summed E-state index contributed by atoms with van der Waals surface area (Å²) in [6, 6.07) is 22.1. The summed E-state index contributed by atoms with van der Waals surface area (Å²) in [4.78, 5) is 4.73. The van der Waals surface area contributed by atoms with Gasteiger partial charge in [0, 0.05) is 15.7 Å². The highest BCUT2D eigenvalue weighted by molar-refractivity contribution is 9.10. The second-order valence-corrected chi connectivity index (χ2v) is 7.79. The molecule has 150 valence electrons. The van der Waals surface area contributed by atoms with Gasteiger partial charge in [-0.05, 0) is 42.0 Å². The molecular weight excluding hydrogens is 452 g/mol. The van der Waals surface area contributed by atoms with Crippen molar-refractivity contribution in [1.82, 2.24) is 9.55 Å². The topological polar surface area (TPSA) is 39.1 Å². The van der Waals surface area contributed by atoms with Gasteiger partial charge in [-0.1, -0.05) is 58.4 Å². The number of benzene rings is 3. The molecule has 1 unspecified atom stereocenters. The van der Waals surface area contributed by atoms with E-state index in [1.54, 1.807) is 18.2 Å². The first-order chi connectivity index (χ1) is 14.6. The Bertz CT molecular complexity index is 1270. The quantitative estimate of drug-likeness (QED) is 0.374. The average molecular weight is 468 g/mol. The molecule has 0 spiro atoms. The highest BCUT2D eigenvalue weighted by Gasteiger charge is 2.27. The minimum absolute atomic E-state index is 0.146. The summed E-state index contributed by atoms with van der Waals surface area (Å²) in [5.41, 5.74) is 4.16. The first-order valence-electron chi connectivity index (χ1n) is 9.35. The molecule has 0 aliphatic carbocycles. The summed E-state index contributed by atoms with van der Waals surface area (Å²) in [5.74, 6) is 0.790. The lowest BCUT2D eigenvalue weighted by molar-refractivity contribution is -0.0505. The van der Waals surface area contributed by atoms with Crippen molar-refractivity contribution in [2.24, 2.45) is 0 Å².